The van der Waals surface area contributed by atoms with Gasteiger partial charge in [0.1, 0.15) is 11.4 Å². The number of rotatable bonds is 6. The predicted molar refractivity (Wildman–Crippen MR) is 109 cm³/mol. The van der Waals surface area contributed by atoms with Crippen LogP contribution in [0.25, 0.3) is 0 Å². The van der Waals surface area contributed by atoms with Gasteiger partial charge < -0.3 is 15.4 Å². The van der Waals surface area contributed by atoms with E-state index in [4.69, 9.17) is 4.74 Å². The second-order valence-corrected chi connectivity index (χ2v) is 6.49. The zero-order valence-corrected chi connectivity index (χ0v) is 15.7. The highest BCUT2D eigenvalue weighted by Gasteiger charge is 2.11. The number of pyridine rings is 1. The molecule has 1 heterocycles. The van der Waals surface area contributed by atoms with E-state index in [2.05, 4.69) is 15.6 Å². The molecule has 0 unspecified atom stereocenters. The highest BCUT2D eigenvalue weighted by atomic mass is 16.5. The summed E-state index contributed by atoms with van der Waals surface area (Å²) in [7, 11) is 0. The molecule has 1 aromatic heterocycles. The van der Waals surface area contributed by atoms with Gasteiger partial charge in [0.05, 0.1) is 11.8 Å². The van der Waals surface area contributed by atoms with Crippen molar-refractivity contribution >= 4 is 23.0 Å². The number of amides is 1. The minimum Gasteiger partial charge on any atom is -0.489 e. The van der Waals surface area contributed by atoms with Crippen LogP contribution in [0.1, 0.15) is 29.9 Å². The molecular formula is C22H23N3O2. The largest absolute Gasteiger partial charge is 0.489 e. The monoisotopic (exact) mass is 361 g/mol. The molecule has 0 aliphatic carbocycles. The van der Waals surface area contributed by atoms with E-state index in [1.54, 1.807) is 12.3 Å². The summed E-state index contributed by atoms with van der Waals surface area (Å²) in [6.07, 6.45) is 1.68. The van der Waals surface area contributed by atoms with Crippen LogP contribution in [0.4, 0.5) is 17.1 Å². The van der Waals surface area contributed by atoms with Crippen LogP contribution in [-0.4, -0.2) is 17.0 Å². The lowest BCUT2D eigenvalue weighted by Gasteiger charge is -2.15. The Balaban J connectivity index is 1.78. The molecule has 3 aromatic rings. The third-order valence-corrected chi connectivity index (χ3v) is 3.91. The smallest absolute Gasteiger partial charge is 0.274 e. The van der Waals surface area contributed by atoms with Crippen molar-refractivity contribution in [3.8, 4) is 5.75 Å². The Morgan fingerprint density at radius 1 is 1.00 bits per heavy atom. The van der Waals surface area contributed by atoms with E-state index >= 15 is 0 Å². The summed E-state index contributed by atoms with van der Waals surface area (Å²) in [5.41, 5.74) is 3.71. The standard InChI is InChI=1S/C22H23N3O2/c1-15(2)27-21-11-7-6-10-19(21)24-17-12-13-23-20(14-17)22(26)25-18-9-5-4-8-16(18)3/h4-15H,1-3H3,(H,23,24)(H,25,26). The fourth-order valence-electron chi connectivity index (χ4n) is 2.61. The van der Waals surface area contributed by atoms with Gasteiger partial charge in [-0.15, -0.1) is 0 Å². The topological polar surface area (TPSA) is 63.2 Å². The maximum atomic E-state index is 12.6. The average molecular weight is 361 g/mol. The van der Waals surface area contributed by atoms with Gasteiger partial charge >= 0.3 is 0 Å². The summed E-state index contributed by atoms with van der Waals surface area (Å²) in [4.78, 5) is 16.8. The molecule has 0 fully saturated rings. The van der Waals surface area contributed by atoms with Crippen molar-refractivity contribution in [3.63, 3.8) is 0 Å². The number of ether oxygens (including phenoxy) is 1. The maximum Gasteiger partial charge on any atom is 0.274 e. The summed E-state index contributed by atoms with van der Waals surface area (Å²) in [6, 6.07) is 18.9. The zero-order chi connectivity index (χ0) is 19.2. The van der Waals surface area contributed by atoms with E-state index in [0.717, 1.165) is 28.4 Å². The number of carbonyl (C=O) groups is 1. The Kier molecular flexibility index (Phi) is 5.71. The second-order valence-electron chi connectivity index (χ2n) is 6.49. The van der Waals surface area contributed by atoms with Crippen LogP contribution in [0.5, 0.6) is 5.75 Å². The lowest BCUT2D eigenvalue weighted by atomic mass is 10.2. The van der Waals surface area contributed by atoms with Crippen LogP contribution < -0.4 is 15.4 Å². The molecule has 0 aliphatic heterocycles. The molecule has 0 bridgehead atoms. The minimum absolute atomic E-state index is 0.0702. The molecular weight excluding hydrogens is 338 g/mol. The summed E-state index contributed by atoms with van der Waals surface area (Å²) >= 11 is 0. The Morgan fingerprint density at radius 3 is 2.44 bits per heavy atom. The van der Waals surface area contributed by atoms with Crippen LogP contribution in [-0.2, 0) is 0 Å². The number of aryl methyl sites for hydroxylation is 1. The quantitative estimate of drug-likeness (QED) is 0.635. The number of aromatic nitrogens is 1. The molecule has 2 aromatic carbocycles. The molecule has 5 heteroatoms. The molecule has 0 atom stereocenters. The van der Waals surface area contributed by atoms with E-state index in [1.165, 1.54) is 0 Å². The number of nitrogens with zero attached hydrogens (tertiary/aromatic N) is 1. The van der Waals surface area contributed by atoms with Crippen molar-refractivity contribution < 1.29 is 9.53 Å². The number of hydrogen-bond acceptors (Lipinski definition) is 4. The number of carbonyl (C=O) groups excluding carboxylic acids is 1. The SMILES string of the molecule is Cc1ccccc1NC(=O)c1cc(Nc2ccccc2OC(C)C)ccn1. The lowest BCUT2D eigenvalue weighted by molar-refractivity contribution is 0.102. The van der Waals surface area contributed by atoms with Gasteiger partial charge in [-0.1, -0.05) is 30.3 Å². The first kappa shape index (κ1) is 18.5. The van der Waals surface area contributed by atoms with Gasteiger partial charge in [0.2, 0.25) is 0 Å². The van der Waals surface area contributed by atoms with Crippen molar-refractivity contribution in [2.45, 2.75) is 26.9 Å². The van der Waals surface area contributed by atoms with Gasteiger partial charge in [0.15, 0.2) is 0 Å². The Hall–Kier alpha value is -3.34. The Bertz CT molecular complexity index is 938. The first-order chi connectivity index (χ1) is 13.0. The highest BCUT2D eigenvalue weighted by Crippen LogP contribution is 2.28. The summed E-state index contributed by atoms with van der Waals surface area (Å²) in [5.74, 6) is 0.509. The van der Waals surface area contributed by atoms with E-state index in [0.29, 0.717) is 5.69 Å². The van der Waals surface area contributed by atoms with E-state index in [-0.39, 0.29) is 12.0 Å². The molecule has 1 amide bonds. The van der Waals surface area contributed by atoms with Gasteiger partial charge in [-0.2, -0.15) is 0 Å². The van der Waals surface area contributed by atoms with Crippen LogP contribution in [0.2, 0.25) is 0 Å². The van der Waals surface area contributed by atoms with Crippen molar-refractivity contribution in [3.05, 3.63) is 78.1 Å². The molecule has 5 nitrogen and oxygen atoms in total. The van der Waals surface area contributed by atoms with Gasteiger partial charge in [-0.05, 0) is 56.7 Å². The summed E-state index contributed by atoms with van der Waals surface area (Å²) in [6.45, 7) is 5.92. The van der Waals surface area contributed by atoms with Gasteiger partial charge in [0.25, 0.3) is 5.91 Å². The zero-order valence-electron chi connectivity index (χ0n) is 15.7. The summed E-state index contributed by atoms with van der Waals surface area (Å²) < 4.78 is 5.83. The normalized spacial score (nSPS) is 10.5. The minimum atomic E-state index is -0.250. The fourth-order valence-corrected chi connectivity index (χ4v) is 2.61. The molecule has 2 N–H and O–H groups in total. The third kappa shape index (κ3) is 4.85. The Labute approximate surface area is 159 Å². The number of benzene rings is 2. The van der Waals surface area contributed by atoms with Gasteiger partial charge in [-0.3, -0.25) is 9.78 Å². The van der Waals surface area contributed by atoms with Crippen LogP contribution in [0.15, 0.2) is 66.9 Å². The highest BCUT2D eigenvalue weighted by molar-refractivity contribution is 6.03. The fraction of sp³-hybridized carbons (Fsp3) is 0.182. The predicted octanol–water partition coefficient (Wildman–Crippen LogP) is 5.17. The van der Waals surface area contributed by atoms with Crippen molar-refractivity contribution in [1.29, 1.82) is 0 Å². The average Bonchev–Trinajstić information content (AvgIpc) is 2.65. The Morgan fingerprint density at radius 2 is 1.70 bits per heavy atom. The molecule has 3 rings (SSSR count). The molecule has 0 radical (unpaired) electrons. The molecule has 0 aliphatic rings. The van der Waals surface area contributed by atoms with Crippen molar-refractivity contribution in [2.75, 3.05) is 10.6 Å². The molecule has 138 valence electrons. The van der Waals surface area contributed by atoms with Crippen LogP contribution in [0.3, 0.4) is 0 Å². The van der Waals surface area contributed by atoms with Gasteiger partial charge in [-0.25, -0.2) is 0 Å². The first-order valence-electron chi connectivity index (χ1n) is 8.88. The lowest BCUT2D eigenvalue weighted by Crippen LogP contribution is -2.14. The third-order valence-electron chi connectivity index (χ3n) is 3.91. The first-order valence-corrected chi connectivity index (χ1v) is 8.88. The van der Waals surface area contributed by atoms with Crippen molar-refractivity contribution in [2.24, 2.45) is 0 Å². The van der Waals surface area contributed by atoms with Gasteiger partial charge in [0, 0.05) is 17.6 Å². The number of nitrogens with one attached hydrogen (secondary N) is 2. The van der Waals surface area contributed by atoms with Crippen LogP contribution >= 0.6 is 0 Å². The molecule has 0 saturated heterocycles. The molecule has 0 saturated carbocycles. The van der Waals surface area contributed by atoms with Crippen molar-refractivity contribution in [1.82, 2.24) is 4.98 Å². The number of para-hydroxylation sites is 3. The van der Waals surface area contributed by atoms with Crippen LogP contribution in [0, 0.1) is 6.92 Å². The second kappa shape index (κ2) is 8.36. The maximum absolute atomic E-state index is 12.6. The van der Waals surface area contributed by atoms with E-state index in [9.17, 15) is 4.79 Å². The summed E-state index contributed by atoms with van der Waals surface area (Å²) in [5, 5.41) is 6.20. The molecule has 0 spiro atoms. The number of anilines is 3. The van der Waals surface area contributed by atoms with E-state index in [1.807, 2.05) is 75.4 Å². The number of hydrogen-bond donors (Lipinski definition) is 2. The molecule has 27 heavy (non-hydrogen) atoms. The van der Waals surface area contributed by atoms with E-state index < -0.39 is 0 Å².